The van der Waals surface area contributed by atoms with Crippen molar-refractivity contribution in [2.24, 2.45) is 0 Å². The largest absolute Gasteiger partial charge is 0.334 e. The molecule has 1 aromatic carbocycles. The van der Waals surface area contributed by atoms with Crippen molar-refractivity contribution in [2.75, 3.05) is 6.54 Å². The molecular weight excluding hydrogens is 334 g/mol. The van der Waals surface area contributed by atoms with Crippen LogP contribution in [0.4, 0.5) is 0 Å². The molecule has 25 heavy (non-hydrogen) atoms. The third kappa shape index (κ3) is 2.32. The van der Waals surface area contributed by atoms with Crippen LogP contribution < -0.4 is 5.56 Å². The number of hydrogen-bond donors (Lipinski definition) is 0. The van der Waals surface area contributed by atoms with Gasteiger partial charge in [-0.3, -0.25) is 14.2 Å². The van der Waals surface area contributed by atoms with Crippen molar-refractivity contribution in [2.45, 2.75) is 32.4 Å². The van der Waals surface area contributed by atoms with Gasteiger partial charge in [-0.05, 0) is 48.1 Å². The molecule has 0 spiro atoms. The monoisotopic (exact) mass is 351 g/mol. The molecule has 4 heterocycles. The Labute approximate surface area is 148 Å². The van der Waals surface area contributed by atoms with Crippen LogP contribution in [0.1, 0.15) is 33.0 Å². The van der Waals surface area contributed by atoms with Gasteiger partial charge in [0.2, 0.25) is 0 Å². The second-order valence-electron chi connectivity index (χ2n) is 6.67. The quantitative estimate of drug-likeness (QED) is 0.677. The Morgan fingerprint density at radius 3 is 3.00 bits per heavy atom. The van der Waals surface area contributed by atoms with Gasteiger partial charge in [0.15, 0.2) is 0 Å². The van der Waals surface area contributed by atoms with E-state index < -0.39 is 0 Å². The topological polar surface area (TPSA) is 55.2 Å². The maximum Gasteiger partial charge on any atom is 0.261 e. The SMILES string of the molecule is O=C(c1ccc2c(=O)n3c(nc2c1)CCC3)N1CCc2sccc2C1. The fourth-order valence-corrected chi connectivity index (χ4v) is 4.71. The van der Waals surface area contributed by atoms with Crippen LogP contribution in [-0.2, 0) is 25.9 Å². The molecule has 0 radical (unpaired) electrons. The number of thiophene rings is 1. The van der Waals surface area contributed by atoms with E-state index in [1.54, 1.807) is 34.1 Å². The molecule has 3 aromatic rings. The fraction of sp³-hybridized carbons (Fsp3) is 0.316. The number of amides is 1. The third-order valence-electron chi connectivity index (χ3n) is 5.16. The minimum Gasteiger partial charge on any atom is -0.334 e. The molecule has 2 aromatic heterocycles. The zero-order valence-corrected chi connectivity index (χ0v) is 14.5. The van der Waals surface area contributed by atoms with Crippen molar-refractivity contribution in [3.05, 3.63) is 61.8 Å². The summed E-state index contributed by atoms with van der Waals surface area (Å²) in [7, 11) is 0. The summed E-state index contributed by atoms with van der Waals surface area (Å²) in [4.78, 5) is 33.3. The second kappa shape index (κ2) is 5.52. The molecule has 126 valence electrons. The first-order valence-corrected chi connectivity index (χ1v) is 9.47. The predicted octanol–water partition coefficient (Wildman–Crippen LogP) is 2.60. The fourth-order valence-electron chi connectivity index (χ4n) is 3.82. The predicted molar refractivity (Wildman–Crippen MR) is 97.1 cm³/mol. The first kappa shape index (κ1) is 14.8. The van der Waals surface area contributed by atoms with Crippen molar-refractivity contribution in [1.29, 1.82) is 0 Å². The summed E-state index contributed by atoms with van der Waals surface area (Å²) in [6.45, 7) is 2.15. The molecule has 0 saturated carbocycles. The molecule has 0 saturated heterocycles. The molecule has 0 bridgehead atoms. The summed E-state index contributed by atoms with van der Waals surface area (Å²) in [5.41, 5.74) is 2.51. The molecule has 1 amide bonds. The molecule has 2 aliphatic heterocycles. The lowest BCUT2D eigenvalue weighted by Crippen LogP contribution is -2.35. The number of fused-ring (bicyclic) bond motifs is 3. The number of carbonyl (C=O) groups is 1. The third-order valence-corrected chi connectivity index (χ3v) is 6.18. The summed E-state index contributed by atoms with van der Waals surface area (Å²) in [6, 6.07) is 7.40. The molecule has 0 fully saturated rings. The van der Waals surface area contributed by atoms with Crippen molar-refractivity contribution in [1.82, 2.24) is 14.5 Å². The molecule has 6 heteroatoms. The Morgan fingerprint density at radius 2 is 2.08 bits per heavy atom. The van der Waals surface area contributed by atoms with Gasteiger partial charge in [-0.15, -0.1) is 11.3 Å². The van der Waals surface area contributed by atoms with Crippen LogP contribution in [0.3, 0.4) is 0 Å². The van der Waals surface area contributed by atoms with E-state index in [9.17, 15) is 9.59 Å². The van der Waals surface area contributed by atoms with E-state index in [4.69, 9.17) is 0 Å². The van der Waals surface area contributed by atoms with Crippen LogP contribution in [0.2, 0.25) is 0 Å². The highest BCUT2D eigenvalue weighted by atomic mass is 32.1. The molecular formula is C19H17N3O2S. The van der Waals surface area contributed by atoms with Gasteiger partial charge in [0.05, 0.1) is 10.9 Å². The van der Waals surface area contributed by atoms with Crippen LogP contribution in [0.25, 0.3) is 10.9 Å². The van der Waals surface area contributed by atoms with Crippen molar-refractivity contribution in [3.63, 3.8) is 0 Å². The summed E-state index contributed by atoms with van der Waals surface area (Å²) in [5, 5.41) is 2.69. The number of benzene rings is 1. The van der Waals surface area contributed by atoms with Gasteiger partial charge in [0.25, 0.3) is 11.5 Å². The Balaban J connectivity index is 1.52. The summed E-state index contributed by atoms with van der Waals surface area (Å²) in [6.07, 6.45) is 2.71. The van der Waals surface area contributed by atoms with Gasteiger partial charge < -0.3 is 4.90 Å². The second-order valence-corrected chi connectivity index (χ2v) is 7.67. The molecule has 2 aliphatic rings. The van der Waals surface area contributed by atoms with E-state index in [1.807, 2.05) is 4.90 Å². The van der Waals surface area contributed by atoms with Gasteiger partial charge in [-0.25, -0.2) is 4.98 Å². The highest BCUT2D eigenvalue weighted by Gasteiger charge is 2.23. The van der Waals surface area contributed by atoms with Crippen LogP contribution in [0, 0.1) is 0 Å². The Bertz CT molecular complexity index is 1070. The lowest BCUT2D eigenvalue weighted by atomic mass is 10.1. The highest BCUT2D eigenvalue weighted by Crippen LogP contribution is 2.25. The Hall–Kier alpha value is -2.47. The smallest absolute Gasteiger partial charge is 0.261 e. The molecule has 0 atom stereocenters. The molecule has 0 aliphatic carbocycles. The van der Waals surface area contributed by atoms with Gasteiger partial charge in [-0.1, -0.05) is 0 Å². The van der Waals surface area contributed by atoms with E-state index >= 15 is 0 Å². The maximum absolute atomic E-state index is 12.9. The highest BCUT2D eigenvalue weighted by molar-refractivity contribution is 7.10. The van der Waals surface area contributed by atoms with Crippen LogP contribution in [0.15, 0.2) is 34.4 Å². The lowest BCUT2D eigenvalue weighted by molar-refractivity contribution is 0.0736. The van der Waals surface area contributed by atoms with E-state index in [-0.39, 0.29) is 11.5 Å². The summed E-state index contributed by atoms with van der Waals surface area (Å²) in [5.74, 6) is 0.851. The van der Waals surface area contributed by atoms with Crippen molar-refractivity contribution < 1.29 is 4.79 Å². The van der Waals surface area contributed by atoms with Crippen LogP contribution >= 0.6 is 11.3 Å². The van der Waals surface area contributed by atoms with Gasteiger partial charge >= 0.3 is 0 Å². The number of carbonyl (C=O) groups excluding carboxylic acids is 1. The van der Waals surface area contributed by atoms with Gasteiger partial charge in [-0.2, -0.15) is 0 Å². The number of aryl methyl sites for hydroxylation is 1. The zero-order valence-electron chi connectivity index (χ0n) is 13.7. The van der Waals surface area contributed by atoms with E-state index in [1.165, 1.54) is 10.4 Å². The zero-order chi connectivity index (χ0) is 17.0. The minimum atomic E-state index is 0.0115. The summed E-state index contributed by atoms with van der Waals surface area (Å²) >= 11 is 1.76. The Kier molecular flexibility index (Phi) is 3.28. The van der Waals surface area contributed by atoms with E-state index in [0.717, 1.165) is 38.2 Å². The average Bonchev–Trinajstić information content (AvgIpc) is 3.29. The van der Waals surface area contributed by atoms with Crippen molar-refractivity contribution in [3.8, 4) is 0 Å². The van der Waals surface area contributed by atoms with Crippen molar-refractivity contribution >= 4 is 28.1 Å². The molecule has 0 N–H and O–H groups in total. The summed E-state index contributed by atoms with van der Waals surface area (Å²) < 4.78 is 1.76. The molecule has 0 unspecified atom stereocenters. The number of aromatic nitrogens is 2. The number of hydrogen-bond acceptors (Lipinski definition) is 4. The first-order chi connectivity index (χ1) is 12.2. The molecule has 5 nitrogen and oxygen atoms in total. The average molecular weight is 351 g/mol. The normalized spacial score (nSPS) is 16.1. The maximum atomic E-state index is 12.9. The van der Waals surface area contributed by atoms with Gasteiger partial charge in [0.1, 0.15) is 5.82 Å². The lowest BCUT2D eigenvalue weighted by Gasteiger charge is -2.27. The first-order valence-electron chi connectivity index (χ1n) is 8.59. The minimum absolute atomic E-state index is 0.0115. The van der Waals surface area contributed by atoms with Crippen LogP contribution in [0.5, 0.6) is 0 Å². The Morgan fingerprint density at radius 1 is 1.16 bits per heavy atom. The van der Waals surface area contributed by atoms with Gasteiger partial charge in [0, 0.05) is 36.5 Å². The van der Waals surface area contributed by atoms with Crippen LogP contribution in [-0.4, -0.2) is 26.9 Å². The molecule has 5 rings (SSSR count). The van der Waals surface area contributed by atoms with E-state index in [2.05, 4.69) is 16.4 Å². The van der Waals surface area contributed by atoms with E-state index in [0.29, 0.717) is 23.0 Å². The number of nitrogens with zero attached hydrogens (tertiary/aromatic N) is 3. The standard InChI is InChI=1S/C19H17N3O2S/c23-18(21-8-5-16-13(11-21)6-9-25-16)12-3-4-14-15(10-12)20-17-2-1-7-22(17)19(14)24/h3-4,6,9-10H,1-2,5,7-8,11H2. The number of rotatable bonds is 1.